The van der Waals surface area contributed by atoms with E-state index in [0.29, 0.717) is 0 Å². The zero-order valence-corrected chi connectivity index (χ0v) is 29.3. The van der Waals surface area contributed by atoms with Crippen molar-refractivity contribution in [1.29, 1.82) is 0 Å². The van der Waals surface area contributed by atoms with Gasteiger partial charge < -0.3 is 0 Å². The molecule has 248 valence electrons. The fraction of sp³-hybridized carbons (Fsp3) is 0.0392. The number of hydrogen-bond donors (Lipinski definition) is 0. The van der Waals surface area contributed by atoms with Crippen molar-refractivity contribution >= 4 is 43.4 Å². The molecule has 0 saturated heterocycles. The predicted octanol–water partition coefficient (Wildman–Crippen LogP) is 13.7. The minimum Gasteiger partial charge on any atom is -0.296 e. The van der Waals surface area contributed by atoms with Gasteiger partial charge in [-0.15, -0.1) is 0 Å². The van der Waals surface area contributed by atoms with Gasteiger partial charge in [-0.3, -0.25) is 4.57 Å². The molecule has 11 rings (SSSR count). The van der Waals surface area contributed by atoms with Crippen LogP contribution in [-0.4, -0.2) is 9.55 Å². The third-order valence-corrected chi connectivity index (χ3v) is 11.3. The Hall–Kier alpha value is -6.77. The number of fused-ring (bicyclic) bond motifs is 6. The highest BCUT2D eigenvalue weighted by Gasteiger charge is 2.24. The van der Waals surface area contributed by atoms with Gasteiger partial charge >= 0.3 is 0 Å². The maximum absolute atomic E-state index is 4.95. The molecule has 2 nitrogen and oxygen atoms in total. The number of benzene rings is 9. The van der Waals surface area contributed by atoms with E-state index >= 15 is 0 Å². The maximum atomic E-state index is 4.95. The molecule has 1 heterocycles. The summed E-state index contributed by atoms with van der Waals surface area (Å²) in [6, 6.07) is 64.7. The summed E-state index contributed by atoms with van der Waals surface area (Å²) in [7, 11) is 0. The van der Waals surface area contributed by atoms with E-state index in [2.05, 4.69) is 187 Å². The van der Waals surface area contributed by atoms with Gasteiger partial charge in [0.1, 0.15) is 5.82 Å². The van der Waals surface area contributed by atoms with E-state index in [9.17, 15) is 0 Å². The molecule has 10 aromatic rings. The second-order valence-electron chi connectivity index (χ2n) is 14.1. The first-order chi connectivity index (χ1) is 26.3. The lowest BCUT2D eigenvalue weighted by atomic mass is 9.84. The number of aryl methyl sites for hydroxylation is 1. The van der Waals surface area contributed by atoms with Crippen molar-refractivity contribution in [3.63, 3.8) is 0 Å². The third kappa shape index (κ3) is 4.42. The van der Waals surface area contributed by atoms with Crippen LogP contribution in [0.25, 0.3) is 105 Å². The Kier molecular flexibility index (Phi) is 6.56. The predicted molar refractivity (Wildman–Crippen MR) is 224 cm³/mol. The van der Waals surface area contributed by atoms with E-state index in [4.69, 9.17) is 4.98 Å². The molecular weight excluding hydrogens is 641 g/mol. The molecule has 0 bridgehead atoms. The van der Waals surface area contributed by atoms with E-state index in [0.717, 1.165) is 29.0 Å². The SMILES string of the molecule is CCc1nc2ccccc2n1-c1cccc(-c2cccc(-c3c4ccccc4c(-c4ccc5c6c(cccc46)-c4ccccc4-5)c4ccccc34)c2)c1. The Morgan fingerprint density at radius 2 is 0.943 bits per heavy atom. The summed E-state index contributed by atoms with van der Waals surface area (Å²) < 4.78 is 2.31. The first-order valence-electron chi connectivity index (χ1n) is 18.5. The Balaban J connectivity index is 1.11. The molecule has 9 aromatic carbocycles. The van der Waals surface area contributed by atoms with Crippen LogP contribution in [0, 0.1) is 0 Å². The van der Waals surface area contributed by atoms with Crippen molar-refractivity contribution in [2.75, 3.05) is 0 Å². The molecule has 0 atom stereocenters. The summed E-state index contributed by atoms with van der Waals surface area (Å²) in [4.78, 5) is 4.95. The second-order valence-corrected chi connectivity index (χ2v) is 14.1. The van der Waals surface area contributed by atoms with Gasteiger partial charge in [-0.25, -0.2) is 4.98 Å². The van der Waals surface area contributed by atoms with Gasteiger partial charge in [-0.2, -0.15) is 0 Å². The Bertz CT molecular complexity index is 3020. The van der Waals surface area contributed by atoms with Gasteiger partial charge in [0.25, 0.3) is 0 Å². The van der Waals surface area contributed by atoms with Crippen molar-refractivity contribution in [2.24, 2.45) is 0 Å². The Morgan fingerprint density at radius 3 is 1.68 bits per heavy atom. The summed E-state index contributed by atoms with van der Waals surface area (Å²) >= 11 is 0. The fourth-order valence-electron chi connectivity index (χ4n) is 9.04. The summed E-state index contributed by atoms with van der Waals surface area (Å²) in [5.74, 6) is 1.07. The molecule has 1 aliphatic rings. The van der Waals surface area contributed by atoms with Gasteiger partial charge in [0, 0.05) is 12.1 Å². The quantitative estimate of drug-likeness (QED) is 0.166. The molecule has 0 unspecified atom stereocenters. The van der Waals surface area contributed by atoms with E-state index in [-0.39, 0.29) is 0 Å². The van der Waals surface area contributed by atoms with Crippen molar-refractivity contribution in [1.82, 2.24) is 9.55 Å². The third-order valence-electron chi connectivity index (χ3n) is 11.3. The topological polar surface area (TPSA) is 17.8 Å². The summed E-state index contributed by atoms with van der Waals surface area (Å²) in [5, 5.41) is 7.71. The summed E-state index contributed by atoms with van der Waals surface area (Å²) in [6.45, 7) is 2.18. The Morgan fingerprint density at radius 1 is 0.415 bits per heavy atom. The van der Waals surface area contributed by atoms with Gasteiger partial charge in [0.15, 0.2) is 0 Å². The molecule has 2 heteroatoms. The first kappa shape index (κ1) is 29.9. The molecule has 0 amide bonds. The fourth-order valence-corrected chi connectivity index (χ4v) is 9.04. The van der Waals surface area contributed by atoms with Gasteiger partial charge in [-0.05, 0) is 118 Å². The molecule has 0 N–H and O–H groups in total. The highest BCUT2D eigenvalue weighted by atomic mass is 15.1. The Labute approximate surface area is 308 Å². The normalized spacial score (nSPS) is 11.9. The maximum Gasteiger partial charge on any atom is 0.114 e. The average Bonchev–Trinajstić information content (AvgIpc) is 3.77. The lowest BCUT2D eigenvalue weighted by molar-refractivity contribution is 0.908. The van der Waals surface area contributed by atoms with Crippen molar-refractivity contribution in [3.8, 4) is 61.3 Å². The lowest BCUT2D eigenvalue weighted by Gasteiger charge is -2.19. The average molecular weight is 675 g/mol. The zero-order chi connectivity index (χ0) is 35.0. The van der Waals surface area contributed by atoms with Crippen LogP contribution in [-0.2, 0) is 6.42 Å². The molecule has 53 heavy (non-hydrogen) atoms. The number of imidazole rings is 1. The van der Waals surface area contributed by atoms with Gasteiger partial charge in [-0.1, -0.05) is 153 Å². The van der Waals surface area contributed by atoms with Crippen LogP contribution in [0.5, 0.6) is 0 Å². The van der Waals surface area contributed by atoms with Crippen molar-refractivity contribution < 1.29 is 0 Å². The second kappa shape index (κ2) is 11.6. The van der Waals surface area contributed by atoms with Crippen LogP contribution in [0.4, 0.5) is 0 Å². The highest BCUT2D eigenvalue weighted by molar-refractivity contribution is 6.26. The van der Waals surface area contributed by atoms with Crippen LogP contribution in [0.15, 0.2) is 176 Å². The molecule has 0 spiro atoms. The number of para-hydroxylation sites is 2. The van der Waals surface area contributed by atoms with Crippen LogP contribution >= 0.6 is 0 Å². The number of rotatable bonds is 5. The molecular formula is C51H34N2. The van der Waals surface area contributed by atoms with E-state index in [1.54, 1.807) is 0 Å². The zero-order valence-electron chi connectivity index (χ0n) is 29.3. The van der Waals surface area contributed by atoms with Gasteiger partial charge in [0.2, 0.25) is 0 Å². The standard InChI is InChI=1S/C51H34N2/c1-2-48-52-46-26-9-10-27-47(46)53(48)35-17-12-15-33(31-35)32-14-11-16-34(30-32)49-39-20-5-7-22-41(39)51(42-23-8-6-21-40(42)49)45-29-28-44-37-19-4-3-18-36(37)38-24-13-25-43(45)50(38)44/h3-31H,2H2,1H3. The molecule has 1 aromatic heterocycles. The van der Waals surface area contributed by atoms with Gasteiger partial charge in [0.05, 0.1) is 11.0 Å². The summed E-state index contributed by atoms with van der Waals surface area (Å²) in [5.41, 5.74) is 16.0. The minimum absolute atomic E-state index is 0.860. The lowest BCUT2D eigenvalue weighted by Crippen LogP contribution is -2.00. The summed E-state index contributed by atoms with van der Waals surface area (Å²) in [6.07, 6.45) is 0.860. The molecule has 0 aliphatic heterocycles. The van der Waals surface area contributed by atoms with Crippen LogP contribution in [0.2, 0.25) is 0 Å². The van der Waals surface area contributed by atoms with Crippen LogP contribution in [0.3, 0.4) is 0 Å². The highest BCUT2D eigenvalue weighted by Crippen LogP contribution is 2.51. The molecule has 0 radical (unpaired) electrons. The molecule has 0 fully saturated rings. The van der Waals surface area contributed by atoms with Crippen LogP contribution in [0.1, 0.15) is 12.7 Å². The van der Waals surface area contributed by atoms with E-state index < -0.39 is 0 Å². The van der Waals surface area contributed by atoms with E-state index in [1.165, 1.54) is 88.0 Å². The molecule has 0 saturated carbocycles. The largest absolute Gasteiger partial charge is 0.296 e. The first-order valence-corrected chi connectivity index (χ1v) is 18.5. The monoisotopic (exact) mass is 674 g/mol. The smallest absolute Gasteiger partial charge is 0.114 e. The van der Waals surface area contributed by atoms with E-state index in [1.807, 2.05) is 0 Å². The number of aromatic nitrogens is 2. The molecule has 1 aliphatic carbocycles. The minimum atomic E-state index is 0.860. The number of nitrogens with zero attached hydrogens (tertiary/aromatic N) is 2. The number of hydrogen-bond acceptors (Lipinski definition) is 1. The van der Waals surface area contributed by atoms with Crippen LogP contribution < -0.4 is 0 Å². The van der Waals surface area contributed by atoms with Crippen molar-refractivity contribution in [2.45, 2.75) is 13.3 Å². The van der Waals surface area contributed by atoms with Crippen molar-refractivity contribution in [3.05, 3.63) is 182 Å².